The van der Waals surface area contributed by atoms with Gasteiger partial charge in [0.2, 0.25) is 0 Å². The Morgan fingerprint density at radius 2 is 2.14 bits per heavy atom. The van der Waals surface area contributed by atoms with Crippen molar-refractivity contribution in [1.82, 2.24) is 9.55 Å². The second-order valence-corrected chi connectivity index (χ2v) is 3.80. The van der Waals surface area contributed by atoms with Gasteiger partial charge in [0.15, 0.2) is 0 Å². The summed E-state index contributed by atoms with van der Waals surface area (Å²) in [7, 11) is -4.53. The Morgan fingerprint density at radius 3 is 2.57 bits per heavy atom. The fraction of sp³-hybridized carbons (Fsp3) is 0.333. The van der Waals surface area contributed by atoms with Crippen molar-refractivity contribution in [3.05, 3.63) is 18.7 Å². The molecule has 1 rings (SSSR count). The van der Waals surface area contributed by atoms with Gasteiger partial charge in [0.25, 0.3) is 5.12 Å². The van der Waals surface area contributed by atoms with E-state index in [1.165, 1.54) is 12.5 Å². The Bertz CT molecular complexity index is 386. The molecule has 0 aromatic carbocycles. The molecule has 0 saturated carbocycles. The van der Waals surface area contributed by atoms with Crippen LogP contribution in [0.5, 0.6) is 0 Å². The van der Waals surface area contributed by atoms with Crippen molar-refractivity contribution in [1.29, 1.82) is 0 Å². The zero-order valence-electron chi connectivity index (χ0n) is 6.62. The van der Waals surface area contributed by atoms with Gasteiger partial charge >= 0.3 is 39.7 Å². The minimum atomic E-state index is -4.53. The van der Waals surface area contributed by atoms with Crippen LogP contribution in [0.2, 0.25) is 0 Å². The fourth-order valence-electron chi connectivity index (χ4n) is 0.768. The molecule has 1 heterocycles. The molecule has 74 valence electrons. The molecule has 0 spiro atoms. The van der Waals surface area contributed by atoms with Crippen molar-refractivity contribution in [2.24, 2.45) is 0 Å². The van der Waals surface area contributed by atoms with Gasteiger partial charge in [-0.05, 0) is 0 Å². The molecule has 1 aromatic heterocycles. The molecule has 0 radical (unpaired) electrons. The van der Waals surface area contributed by atoms with E-state index >= 15 is 0 Å². The van der Waals surface area contributed by atoms with E-state index in [1.807, 2.05) is 0 Å². The third kappa shape index (κ3) is 4.34. The number of aryl methyl sites for hydroxylation is 1. The maximum atomic E-state index is 10.7. The Balaban J connectivity index is 0.00000169. The average Bonchev–Trinajstić information content (AvgIpc) is 2.50. The number of hydrogen-bond acceptors (Lipinski definition) is 4. The molecule has 0 amide bonds. The van der Waals surface area contributed by atoms with Crippen molar-refractivity contribution in [2.75, 3.05) is 0 Å². The second kappa shape index (κ2) is 5.62. The van der Waals surface area contributed by atoms with E-state index in [0.717, 1.165) is 0 Å². The first-order valence-corrected chi connectivity index (χ1v) is 4.90. The van der Waals surface area contributed by atoms with E-state index in [1.54, 1.807) is 10.8 Å². The summed E-state index contributed by atoms with van der Waals surface area (Å²) in [5.74, 6) is 0. The van der Waals surface area contributed by atoms with Crippen molar-refractivity contribution >= 4 is 44.8 Å². The van der Waals surface area contributed by atoms with Crippen LogP contribution in [0.4, 0.5) is 0 Å². The first-order valence-electron chi connectivity index (χ1n) is 3.46. The van der Waals surface area contributed by atoms with Crippen LogP contribution in [0.1, 0.15) is 6.42 Å². The zero-order chi connectivity index (χ0) is 9.90. The predicted molar refractivity (Wildman–Crippen MR) is 50.5 cm³/mol. The number of hydrogen-bond donors (Lipinski definition) is 1. The van der Waals surface area contributed by atoms with E-state index in [-0.39, 0.29) is 42.5 Å². The molecule has 0 saturated heterocycles. The van der Waals surface area contributed by atoms with Crippen LogP contribution in [0.3, 0.4) is 0 Å². The molecule has 6 nitrogen and oxygen atoms in total. The molecule has 0 unspecified atom stereocenters. The summed E-state index contributed by atoms with van der Waals surface area (Å²) >= 11 is 0. The molecule has 0 fully saturated rings. The van der Waals surface area contributed by atoms with Gasteiger partial charge in [-0.2, -0.15) is 8.42 Å². The molecule has 0 aliphatic rings. The number of carbonyl (C=O) groups is 1. The quantitative estimate of drug-likeness (QED) is 0.531. The van der Waals surface area contributed by atoms with Crippen LogP contribution in [-0.2, 0) is 21.5 Å². The third-order valence-corrected chi connectivity index (χ3v) is 2.20. The van der Waals surface area contributed by atoms with Crippen molar-refractivity contribution in [2.45, 2.75) is 13.0 Å². The van der Waals surface area contributed by atoms with Gasteiger partial charge in [-0.3, -0.25) is 9.35 Å². The van der Waals surface area contributed by atoms with Gasteiger partial charge in [0.05, 0.1) is 6.33 Å². The van der Waals surface area contributed by atoms with E-state index < -0.39 is 15.2 Å². The summed E-state index contributed by atoms with van der Waals surface area (Å²) in [6.07, 6.45) is 4.31. The summed E-state index contributed by atoms with van der Waals surface area (Å²) in [5.41, 5.74) is 0. The Morgan fingerprint density at radius 1 is 1.50 bits per heavy atom. The van der Waals surface area contributed by atoms with Gasteiger partial charge < -0.3 is 4.57 Å². The number of rotatable bonds is 3. The first kappa shape index (κ1) is 13.8. The first-order chi connectivity index (χ1) is 6.00. The summed E-state index contributed by atoms with van der Waals surface area (Å²) < 4.78 is 30.4. The third-order valence-electron chi connectivity index (χ3n) is 1.42. The number of nitrogens with zero attached hydrogens (tertiary/aromatic N) is 2. The topological polar surface area (TPSA) is 89.3 Å². The predicted octanol–water partition coefficient (Wildman–Crippen LogP) is -0.961. The monoisotopic (exact) mass is 228 g/mol. The molecular formula is C6H9N2NaO4S. The Kier molecular flexibility index (Phi) is 5.53. The minimum absolute atomic E-state index is 0. The average molecular weight is 228 g/mol. The van der Waals surface area contributed by atoms with E-state index in [0.29, 0.717) is 0 Å². The SMILES string of the molecule is O=C(CCn1ccnc1)S(=O)(=O)O.[NaH]. The number of imidazole rings is 1. The van der Waals surface area contributed by atoms with Crippen molar-refractivity contribution in [3.8, 4) is 0 Å². The summed E-state index contributed by atoms with van der Waals surface area (Å²) in [4.78, 5) is 14.4. The van der Waals surface area contributed by atoms with E-state index in [2.05, 4.69) is 4.98 Å². The molecule has 14 heavy (non-hydrogen) atoms. The number of carbonyl (C=O) groups excluding carboxylic acids is 1. The van der Waals surface area contributed by atoms with Crippen LogP contribution >= 0.6 is 0 Å². The fourth-order valence-corrected chi connectivity index (χ4v) is 1.12. The van der Waals surface area contributed by atoms with Crippen molar-refractivity contribution in [3.63, 3.8) is 0 Å². The van der Waals surface area contributed by atoms with Crippen LogP contribution in [-0.4, -0.2) is 57.2 Å². The van der Waals surface area contributed by atoms with Gasteiger partial charge in [0, 0.05) is 25.4 Å². The van der Waals surface area contributed by atoms with Crippen LogP contribution in [0, 0.1) is 0 Å². The Labute approximate surface area is 103 Å². The molecule has 0 bridgehead atoms. The van der Waals surface area contributed by atoms with Gasteiger partial charge in [0.1, 0.15) is 0 Å². The second-order valence-electron chi connectivity index (χ2n) is 2.40. The molecular weight excluding hydrogens is 219 g/mol. The van der Waals surface area contributed by atoms with E-state index in [4.69, 9.17) is 4.55 Å². The maximum absolute atomic E-state index is 10.7. The van der Waals surface area contributed by atoms with E-state index in [9.17, 15) is 13.2 Å². The zero-order valence-corrected chi connectivity index (χ0v) is 7.44. The molecule has 8 heteroatoms. The molecule has 0 atom stereocenters. The molecule has 1 N–H and O–H groups in total. The molecule has 0 aliphatic carbocycles. The molecule has 0 aliphatic heterocycles. The van der Waals surface area contributed by atoms with Crippen LogP contribution in [0.25, 0.3) is 0 Å². The molecule has 1 aromatic rings. The van der Waals surface area contributed by atoms with Crippen LogP contribution < -0.4 is 0 Å². The standard InChI is InChI=1S/C6H8N2O4S.Na.H/c9-6(13(10,11)12)1-3-8-4-2-7-5-8;;/h2,4-5H,1,3H2,(H,10,11,12);;. The van der Waals surface area contributed by atoms with Gasteiger partial charge in [-0.1, -0.05) is 0 Å². The van der Waals surface area contributed by atoms with Crippen LogP contribution in [0.15, 0.2) is 18.7 Å². The van der Waals surface area contributed by atoms with Gasteiger partial charge in [-0.25, -0.2) is 4.98 Å². The summed E-state index contributed by atoms with van der Waals surface area (Å²) in [6.45, 7) is 0.193. The van der Waals surface area contributed by atoms with Gasteiger partial charge in [-0.15, -0.1) is 0 Å². The summed E-state index contributed by atoms with van der Waals surface area (Å²) in [5, 5.41) is -1.18. The normalized spacial score (nSPS) is 10.6. The Hall–Kier alpha value is -0.210. The van der Waals surface area contributed by atoms with Crippen molar-refractivity contribution < 1.29 is 17.8 Å². The number of aromatic nitrogens is 2. The summed E-state index contributed by atoms with van der Waals surface area (Å²) in [6, 6.07) is 0.